The molecule has 1 rings (SSSR count). The second-order valence-corrected chi connectivity index (χ2v) is 6.22. The summed E-state index contributed by atoms with van der Waals surface area (Å²) in [5.41, 5.74) is 5.41. The van der Waals surface area contributed by atoms with Gasteiger partial charge in [-0.25, -0.2) is 0 Å². The first-order chi connectivity index (χ1) is 8.79. The zero-order valence-corrected chi connectivity index (χ0v) is 13.8. The maximum Gasteiger partial charge on any atom is 0.243 e. The summed E-state index contributed by atoms with van der Waals surface area (Å²) in [6, 6.07) is -0.324. The van der Waals surface area contributed by atoms with Gasteiger partial charge in [-0.3, -0.25) is 9.59 Å². The van der Waals surface area contributed by atoms with Crippen LogP contribution in [-0.4, -0.2) is 41.4 Å². The Morgan fingerprint density at radius 1 is 1.45 bits per heavy atom. The van der Waals surface area contributed by atoms with Crippen LogP contribution in [0, 0.1) is 5.92 Å². The fraction of sp³-hybridized carbons (Fsp3) is 0.857. The Hall–Kier alpha value is -0.810. The average Bonchev–Trinajstić information content (AvgIpc) is 2.76. The molecule has 5 nitrogen and oxygen atoms in total. The molecule has 2 unspecified atom stereocenters. The number of hydrogen-bond acceptors (Lipinski definition) is 3. The van der Waals surface area contributed by atoms with E-state index in [-0.39, 0.29) is 30.3 Å². The summed E-state index contributed by atoms with van der Waals surface area (Å²) < 4.78 is 0. The first kappa shape index (κ1) is 19.2. The number of likely N-dealkylation sites (tertiary alicyclic amines) is 1. The number of nitrogens with zero attached hydrogens (tertiary/aromatic N) is 1. The van der Waals surface area contributed by atoms with Crippen molar-refractivity contribution in [3.63, 3.8) is 0 Å². The van der Waals surface area contributed by atoms with Crippen LogP contribution in [0.3, 0.4) is 0 Å². The molecular weight excluding hydrogens is 278 g/mol. The highest BCUT2D eigenvalue weighted by atomic mass is 35.5. The van der Waals surface area contributed by atoms with Crippen LogP contribution in [-0.2, 0) is 9.59 Å². The first-order valence-corrected chi connectivity index (χ1v) is 7.08. The molecule has 3 N–H and O–H groups in total. The third-order valence-electron chi connectivity index (χ3n) is 3.69. The van der Waals surface area contributed by atoms with Crippen molar-refractivity contribution >= 4 is 24.2 Å². The number of nitrogens with one attached hydrogen (secondary N) is 1. The number of carbonyl (C=O) groups excluding carboxylic acids is 2. The number of nitrogens with two attached hydrogens (primary N) is 1. The van der Waals surface area contributed by atoms with Gasteiger partial charge in [-0.1, -0.05) is 13.8 Å². The maximum atomic E-state index is 12.4. The Kier molecular flexibility index (Phi) is 7.52. The van der Waals surface area contributed by atoms with Crippen LogP contribution in [0.1, 0.15) is 47.0 Å². The Balaban J connectivity index is 0.00000361. The quantitative estimate of drug-likeness (QED) is 0.804. The highest BCUT2D eigenvalue weighted by Crippen LogP contribution is 2.20. The van der Waals surface area contributed by atoms with Crippen molar-refractivity contribution in [2.24, 2.45) is 11.7 Å². The first-order valence-electron chi connectivity index (χ1n) is 7.08. The van der Waals surface area contributed by atoms with E-state index in [0.29, 0.717) is 19.0 Å². The van der Waals surface area contributed by atoms with E-state index in [2.05, 4.69) is 19.2 Å². The van der Waals surface area contributed by atoms with Gasteiger partial charge in [-0.15, -0.1) is 12.4 Å². The van der Waals surface area contributed by atoms with E-state index in [9.17, 15) is 9.59 Å². The van der Waals surface area contributed by atoms with Gasteiger partial charge in [0.1, 0.15) is 6.04 Å². The van der Waals surface area contributed by atoms with Gasteiger partial charge < -0.3 is 16.0 Å². The van der Waals surface area contributed by atoms with Gasteiger partial charge in [0.2, 0.25) is 11.8 Å². The minimum atomic E-state index is -0.393. The van der Waals surface area contributed by atoms with Gasteiger partial charge in [0, 0.05) is 25.6 Å². The van der Waals surface area contributed by atoms with Crippen molar-refractivity contribution in [3.8, 4) is 0 Å². The van der Waals surface area contributed by atoms with Gasteiger partial charge >= 0.3 is 0 Å². The molecule has 0 aliphatic carbocycles. The molecule has 0 radical (unpaired) electrons. The van der Waals surface area contributed by atoms with E-state index >= 15 is 0 Å². The van der Waals surface area contributed by atoms with Gasteiger partial charge in [0.15, 0.2) is 0 Å². The van der Waals surface area contributed by atoms with Crippen molar-refractivity contribution in [1.29, 1.82) is 0 Å². The van der Waals surface area contributed by atoms with E-state index in [1.54, 1.807) is 4.90 Å². The summed E-state index contributed by atoms with van der Waals surface area (Å²) in [6.07, 6.45) is 2.47. The number of halogens is 1. The monoisotopic (exact) mass is 305 g/mol. The van der Waals surface area contributed by atoms with Gasteiger partial charge in [-0.2, -0.15) is 0 Å². The number of rotatable bonds is 5. The zero-order valence-electron chi connectivity index (χ0n) is 12.9. The van der Waals surface area contributed by atoms with E-state index in [0.717, 1.165) is 19.3 Å². The highest BCUT2D eigenvalue weighted by Gasteiger charge is 2.35. The van der Waals surface area contributed by atoms with Crippen LogP contribution in [0.2, 0.25) is 0 Å². The molecule has 20 heavy (non-hydrogen) atoms. The molecule has 0 spiro atoms. The average molecular weight is 306 g/mol. The van der Waals surface area contributed by atoms with Gasteiger partial charge in [0.05, 0.1) is 0 Å². The largest absolute Gasteiger partial charge is 0.348 e. The molecule has 2 amide bonds. The van der Waals surface area contributed by atoms with Crippen LogP contribution in [0.25, 0.3) is 0 Å². The number of hydrogen-bond donors (Lipinski definition) is 2. The molecular formula is C14H28ClN3O2. The fourth-order valence-electron chi connectivity index (χ4n) is 2.88. The van der Waals surface area contributed by atoms with Crippen LogP contribution in [0.5, 0.6) is 0 Å². The minimum Gasteiger partial charge on any atom is -0.348 e. The van der Waals surface area contributed by atoms with E-state index < -0.39 is 5.54 Å². The summed E-state index contributed by atoms with van der Waals surface area (Å²) >= 11 is 0. The normalized spacial score (nSPS) is 21.3. The molecule has 0 aromatic carbocycles. The molecule has 6 heteroatoms. The maximum absolute atomic E-state index is 12.4. The lowest BCUT2D eigenvalue weighted by molar-refractivity contribution is -0.137. The molecule has 1 aliphatic heterocycles. The Labute approximate surface area is 128 Å². The van der Waals surface area contributed by atoms with E-state index in [1.165, 1.54) is 6.92 Å². The molecule has 0 aromatic rings. The molecule has 1 saturated heterocycles. The van der Waals surface area contributed by atoms with Crippen LogP contribution >= 0.6 is 12.4 Å². The molecule has 1 aliphatic rings. The smallest absolute Gasteiger partial charge is 0.243 e. The Bertz CT molecular complexity index is 349. The Morgan fingerprint density at radius 3 is 2.50 bits per heavy atom. The molecule has 118 valence electrons. The molecule has 0 aromatic heterocycles. The summed E-state index contributed by atoms with van der Waals surface area (Å²) in [5.74, 6) is 0.360. The summed E-state index contributed by atoms with van der Waals surface area (Å²) in [4.78, 5) is 25.5. The van der Waals surface area contributed by atoms with Crippen molar-refractivity contribution in [2.75, 3.05) is 13.1 Å². The van der Waals surface area contributed by atoms with Crippen LogP contribution in [0.15, 0.2) is 0 Å². The zero-order chi connectivity index (χ0) is 14.6. The summed E-state index contributed by atoms with van der Waals surface area (Å²) in [5, 5.41) is 3.04. The van der Waals surface area contributed by atoms with Crippen LogP contribution in [0.4, 0.5) is 0 Å². The molecule has 1 fully saturated rings. The van der Waals surface area contributed by atoms with Gasteiger partial charge in [0.25, 0.3) is 0 Å². The molecule has 0 bridgehead atoms. The lowest BCUT2D eigenvalue weighted by Gasteiger charge is -2.33. The third-order valence-corrected chi connectivity index (χ3v) is 3.69. The summed E-state index contributed by atoms with van der Waals surface area (Å²) in [7, 11) is 0. The van der Waals surface area contributed by atoms with Crippen LogP contribution < -0.4 is 11.1 Å². The second-order valence-electron chi connectivity index (χ2n) is 6.22. The lowest BCUT2D eigenvalue weighted by atomic mass is 9.90. The number of amides is 2. The number of carbonyl (C=O) groups is 2. The molecule has 1 heterocycles. The highest BCUT2D eigenvalue weighted by molar-refractivity contribution is 5.87. The SMILES string of the molecule is CC(=O)N1CCCC1C(=O)NC(C)(CN)CC(C)C.Cl. The van der Waals surface area contributed by atoms with Crippen molar-refractivity contribution in [3.05, 3.63) is 0 Å². The predicted octanol–water partition coefficient (Wildman–Crippen LogP) is 1.30. The van der Waals surface area contributed by atoms with Crippen molar-refractivity contribution in [2.45, 2.75) is 58.5 Å². The van der Waals surface area contributed by atoms with Gasteiger partial charge in [-0.05, 0) is 32.1 Å². The fourth-order valence-corrected chi connectivity index (χ4v) is 2.88. The third kappa shape index (κ3) is 4.94. The van der Waals surface area contributed by atoms with E-state index in [4.69, 9.17) is 5.73 Å². The predicted molar refractivity (Wildman–Crippen MR) is 82.7 cm³/mol. The molecule has 0 saturated carbocycles. The lowest BCUT2D eigenvalue weighted by Crippen LogP contribution is -2.57. The molecule has 2 atom stereocenters. The van der Waals surface area contributed by atoms with Crippen molar-refractivity contribution < 1.29 is 9.59 Å². The van der Waals surface area contributed by atoms with Crippen molar-refractivity contribution in [1.82, 2.24) is 10.2 Å². The topological polar surface area (TPSA) is 75.4 Å². The van der Waals surface area contributed by atoms with E-state index in [1.807, 2.05) is 6.92 Å². The Morgan fingerprint density at radius 2 is 2.05 bits per heavy atom. The standard InChI is InChI=1S/C14H27N3O2.ClH/c1-10(2)8-14(4,9-15)16-13(19)12-6-5-7-17(12)11(3)18;/h10,12H,5-9,15H2,1-4H3,(H,16,19);1H. The summed E-state index contributed by atoms with van der Waals surface area (Å²) in [6.45, 7) is 8.79. The minimum absolute atomic E-state index is 0. The second kappa shape index (κ2) is 7.84.